The Kier molecular flexibility index (Phi) is 3.11. The number of hydrogen-bond acceptors (Lipinski definition) is 4. The molecule has 1 aliphatic carbocycles. The summed E-state index contributed by atoms with van der Waals surface area (Å²) in [5.74, 6) is 0.960. The Bertz CT molecular complexity index is 291. The fourth-order valence-corrected chi connectivity index (χ4v) is 3.77. The number of nitrogens with zero attached hydrogens (tertiary/aromatic N) is 1. The lowest BCUT2D eigenvalue weighted by molar-refractivity contribution is 0.0168. The van der Waals surface area contributed by atoms with E-state index in [0.29, 0.717) is 12.1 Å². The van der Waals surface area contributed by atoms with E-state index in [1.165, 1.54) is 18.0 Å². The molecule has 90 valence electrons. The van der Waals surface area contributed by atoms with E-state index in [9.17, 15) is 0 Å². The molecule has 3 unspecified atom stereocenters. The number of amidine groups is 1. The molecule has 2 heterocycles. The Balaban J connectivity index is 1.47. The van der Waals surface area contributed by atoms with Crippen LogP contribution in [0.15, 0.2) is 4.99 Å². The van der Waals surface area contributed by atoms with Crippen molar-refractivity contribution in [3.05, 3.63) is 0 Å². The molecule has 3 atom stereocenters. The van der Waals surface area contributed by atoms with Crippen LogP contribution < -0.4 is 5.32 Å². The lowest BCUT2D eigenvalue weighted by Gasteiger charge is -2.28. The first-order chi connectivity index (χ1) is 7.81. The number of nitrogens with one attached hydrogen (secondary N) is 1. The van der Waals surface area contributed by atoms with Crippen LogP contribution in [0.5, 0.6) is 0 Å². The fraction of sp³-hybridized carbons (Fsp3) is 0.917. The maximum absolute atomic E-state index is 5.56. The Morgan fingerprint density at radius 3 is 3.00 bits per heavy atom. The average Bonchev–Trinajstić information content (AvgIpc) is 3.01. The normalized spacial score (nSPS) is 39.6. The number of aliphatic imine (C=N–C) groups is 1. The van der Waals surface area contributed by atoms with Gasteiger partial charge >= 0.3 is 0 Å². The molecular weight excluding hydrogens is 220 g/mol. The molecule has 0 aromatic carbocycles. The Morgan fingerprint density at radius 1 is 1.38 bits per heavy atom. The minimum Gasteiger partial charge on any atom is -0.378 e. The summed E-state index contributed by atoms with van der Waals surface area (Å²) < 4.78 is 5.56. The van der Waals surface area contributed by atoms with Crippen molar-refractivity contribution < 1.29 is 4.74 Å². The second-order valence-electron chi connectivity index (χ2n) is 5.19. The zero-order valence-electron chi connectivity index (χ0n) is 9.82. The minimum absolute atomic E-state index is 0.400. The number of thioether (sulfide) groups is 1. The third kappa shape index (κ3) is 2.54. The van der Waals surface area contributed by atoms with Crippen LogP contribution in [0.3, 0.4) is 0 Å². The highest BCUT2D eigenvalue weighted by atomic mass is 32.2. The van der Waals surface area contributed by atoms with Crippen molar-refractivity contribution in [1.82, 2.24) is 5.32 Å². The summed E-state index contributed by atoms with van der Waals surface area (Å²) in [4.78, 5) is 4.63. The summed E-state index contributed by atoms with van der Waals surface area (Å²) in [6, 6.07) is 0.577. The molecule has 0 amide bonds. The first kappa shape index (κ1) is 10.9. The summed E-state index contributed by atoms with van der Waals surface area (Å²) in [5.41, 5.74) is 0. The first-order valence-electron chi connectivity index (χ1n) is 6.40. The summed E-state index contributed by atoms with van der Waals surface area (Å²) in [5, 5.41) is 5.56. The summed E-state index contributed by atoms with van der Waals surface area (Å²) >= 11 is 1.97. The van der Waals surface area contributed by atoms with Crippen LogP contribution in [-0.4, -0.2) is 35.7 Å². The molecule has 3 aliphatic rings. The second-order valence-corrected chi connectivity index (χ2v) is 6.41. The van der Waals surface area contributed by atoms with E-state index >= 15 is 0 Å². The maximum atomic E-state index is 5.56. The predicted octanol–water partition coefficient (Wildman–Crippen LogP) is 2.02. The molecule has 3 nitrogen and oxygen atoms in total. The zero-order valence-corrected chi connectivity index (χ0v) is 10.6. The van der Waals surface area contributed by atoms with Gasteiger partial charge in [-0.3, -0.25) is 4.99 Å². The lowest BCUT2D eigenvalue weighted by Crippen LogP contribution is -2.40. The number of hydrogen-bond donors (Lipinski definition) is 1. The molecule has 1 N–H and O–H groups in total. The van der Waals surface area contributed by atoms with Gasteiger partial charge in [-0.05, 0) is 38.5 Å². The van der Waals surface area contributed by atoms with Crippen LogP contribution in [-0.2, 0) is 4.74 Å². The Hall–Kier alpha value is -0.220. The molecule has 2 fully saturated rings. The molecule has 2 aliphatic heterocycles. The van der Waals surface area contributed by atoms with E-state index in [1.54, 1.807) is 0 Å². The third-order valence-corrected chi connectivity index (χ3v) is 4.95. The van der Waals surface area contributed by atoms with Gasteiger partial charge in [0.1, 0.15) is 0 Å². The monoisotopic (exact) mass is 240 g/mol. The van der Waals surface area contributed by atoms with Crippen molar-refractivity contribution in [3.63, 3.8) is 0 Å². The van der Waals surface area contributed by atoms with Gasteiger partial charge in [-0.1, -0.05) is 11.8 Å². The highest BCUT2D eigenvalue weighted by Crippen LogP contribution is 2.41. The van der Waals surface area contributed by atoms with Gasteiger partial charge in [0.2, 0.25) is 0 Å². The predicted molar refractivity (Wildman–Crippen MR) is 68.0 cm³/mol. The van der Waals surface area contributed by atoms with Crippen molar-refractivity contribution in [3.8, 4) is 0 Å². The Labute approximate surface area is 101 Å². The minimum atomic E-state index is 0.400. The van der Waals surface area contributed by atoms with Crippen LogP contribution in [0.1, 0.15) is 32.6 Å². The zero-order chi connectivity index (χ0) is 11.0. The topological polar surface area (TPSA) is 33.6 Å². The number of rotatable bonds is 2. The highest BCUT2D eigenvalue weighted by Gasteiger charge is 2.35. The number of ether oxygens (including phenoxy) is 1. The SMILES string of the molecule is CC1CC(NC2=NCC(C3CC3)S2)CCO1. The lowest BCUT2D eigenvalue weighted by atomic mass is 10.1. The van der Waals surface area contributed by atoms with Crippen molar-refractivity contribution in [2.75, 3.05) is 13.2 Å². The summed E-state index contributed by atoms with van der Waals surface area (Å²) in [7, 11) is 0. The van der Waals surface area contributed by atoms with Gasteiger partial charge in [0.25, 0.3) is 0 Å². The van der Waals surface area contributed by atoms with Crippen molar-refractivity contribution in [1.29, 1.82) is 0 Å². The van der Waals surface area contributed by atoms with E-state index in [-0.39, 0.29) is 0 Å². The van der Waals surface area contributed by atoms with Gasteiger partial charge in [-0.25, -0.2) is 0 Å². The van der Waals surface area contributed by atoms with Crippen LogP contribution in [0.4, 0.5) is 0 Å². The van der Waals surface area contributed by atoms with E-state index in [2.05, 4.69) is 17.2 Å². The molecule has 0 aromatic rings. The van der Waals surface area contributed by atoms with E-state index < -0.39 is 0 Å². The molecular formula is C12H20N2OS. The van der Waals surface area contributed by atoms with Gasteiger partial charge in [0.05, 0.1) is 12.6 Å². The molecule has 0 spiro atoms. The summed E-state index contributed by atoms with van der Waals surface area (Å²) in [6.45, 7) is 4.09. The van der Waals surface area contributed by atoms with Gasteiger partial charge < -0.3 is 10.1 Å². The van der Waals surface area contributed by atoms with E-state index in [0.717, 1.165) is 37.2 Å². The van der Waals surface area contributed by atoms with Gasteiger partial charge in [0.15, 0.2) is 5.17 Å². The van der Waals surface area contributed by atoms with Crippen molar-refractivity contribution in [2.45, 2.75) is 50.0 Å². The molecule has 0 radical (unpaired) electrons. The molecule has 1 saturated heterocycles. The molecule has 3 rings (SSSR count). The van der Waals surface area contributed by atoms with Crippen LogP contribution in [0, 0.1) is 5.92 Å². The van der Waals surface area contributed by atoms with Crippen LogP contribution in [0.2, 0.25) is 0 Å². The molecule has 16 heavy (non-hydrogen) atoms. The summed E-state index contributed by atoms with van der Waals surface area (Å²) in [6.07, 6.45) is 5.49. The standard InChI is InChI=1S/C12H20N2OS/c1-8-6-10(4-5-15-8)14-12-13-7-11(16-12)9-2-3-9/h8-11H,2-7H2,1H3,(H,13,14). The molecule has 1 saturated carbocycles. The van der Waals surface area contributed by atoms with Gasteiger partial charge in [-0.15, -0.1) is 0 Å². The molecule has 4 heteroatoms. The van der Waals surface area contributed by atoms with Crippen LogP contribution in [0.25, 0.3) is 0 Å². The van der Waals surface area contributed by atoms with Gasteiger partial charge in [-0.2, -0.15) is 0 Å². The van der Waals surface area contributed by atoms with Crippen molar-refractivity contribution in [2.24, 2.45) is 10.9 Å². The molecule has 0 aromatic heterocycles. The highest BCUT2D eigenvalue weighted by molar-refractivity contribution is 8.14. The van der Waals surface area contributed by atoms with E-state index in [4.69, 9.17) is 4.74 Å². The average molecular weight is 240 g/mol. The smallest absolute Gasteiger partial charge is 0.157 e. The largest absolute Gasteiger partial charge is 0.378 e. The fourth-order valence-electron chi connectivity index (χ4n) is 2.49. The molecule has 0 bridgehead atoms. The van der Waals surface area contributed by atoms with Crippen molar-refractivity contribution >= 4 is 16.9 Å². The quantitative estimate of drug-likeness (QED) is 0.802. The van der Waals surface area contributed by atoms with E-state index in [1.807, 2.05) is 11.8 Å². The maximum Gasteiger partial charge on any atom is 0.157 e. The van der Waals surface area contributed by atoms with Gasteiger partial charge in [0, 0.05) is 17.9 Å². The Morgan fingerprint density at radius 2 is 2.25 bits per heavy atom. The first-order valence-corrected chi connectivity index (χ1v) is 7.28. The third-order valence-electron chi connectivity index (χ3n) is 3.64. The second kappa shape index (κ2) is 4.57. The van der Waals surface area contributed by atoms with Crippen LogP contribution >= 0.6 is 11.8 Å².